The van der Waals surface area contributed by atoms with Gasteiger partial charge in [0.15, 0.2) is 0 Å². The Kier molecular flexibility index (Phi) is 3.79. The minimum atomic E-state index is -3.87. The summed E-state index contributed by atoms with van der Waals surface area (Å²) >= 11 is 0. The Labute approximate surface area is 115 Å². The normalized spacial score (nSPS) is 11.3. The number of aromatic amines is 1. The maximum atomic E-state index is 12.0. The second-order valence-corrected chi connectivity index (χ2v) is 5.57. The number of ether oxygens (including phenoxy) is 1. The van der Waals surface area contributed by atoms with Crippen LogP contribution < -0.4 is 4.72 Å². The number of sulfonamides is 1. The predicted molar refractivity (Wildman–Crippen MR) is 70.8 cm³/mol. The number of carbonyl (C=O) groups excluding carboxylic acids is 1. The monoisotopic (exact) mass is 298 g/mol. The molecule has 0 unspecified atom stereocenters. The van der Waals surface area contributed by atoms with E-state index >= 15 is 0 Å². The van der Waals surface area contributed by atoms with E-state index in [0.29, 0.717) is 0 Å². The minimum Gasteiger partial charge on any atom is -0.462 e. The Morgan fingerprint density at radius 3 is 2.85 bits per heavy atom. The first-order chi connectivity index (χ1) is 9.44. The average molecular weight is 298 g/mol. The van der Waals surface area contributed by atoms with Gasteiger partial charge in [-0.2, -0.15) is 8.42 Å². The fraction of sp³-hybridized carbons (Fsp3) is 0.273. The number of hydrogen-bond acceptors (Lipinski definition) is 5. The van der Waals surface area contributed by atoms with E-state index in [1.807, 2.05) is 0 Å². The van der Waals surface area contributed by atoms with Crippen LogP contribution in [-0.4, -0.2) is 35.5 Å². The van der Waals surface area contributed by atoms with Gasteiger partial charge in [0.05, 0.1) is 12.3 Å². The summed E-state index contributed by atoms with van der Waals surface area (Å²) in [5.41, 5.74) is 0.284. The van der Waals surface area contributed by atoms with Crippen molar-refractivity contribution in [3.63, 3.8) is 0 Å². The SMILES string of the molecule is CCOC(=O)c1cn(C)cc1NS(=O)(=O)c1ncc[nH]1. The third kappa shape index (κ3) is 2.82. The van der Waals surface area contributed by atoms with Gasteiger partial charge < -0.3 is 14.3 Å². The molecule has 0 aliphatic carbocycles. The number of nitrogens with zero attached hydrogens (tertiary/aromatic N) is 2. The standard InChI is InChI=1S/C11H14N4O4S/c1-3-19-10(16)8-6-15(2)7-9(8)14-20(17,18)11-12-4-5-13-11/h4-7,14H,3H2,1-2H3,(H,12,13). The van der Waals surface area contributed by atoms with Crippen LogP contribution in [0.15, 0.2) is 29.9 Å². The first-order valence-corrected chi connectivity index (χ1v) is 7.27. The smallest absolute Gasteiger partial charge is 0.341 e. The molecular formula is C11H14N4O4S. The first kappa shape index (κ1) is 14.1. The van der Waals surface area contributed by atoms with Crippen LogP contribution in [0.25, 0.3) is 0 Å². The van der Waals surface area contributed by atoms with E-state index in [4.69, 9.17) is 4.74 Å². The summed E-state index contributed by atoms with van der Waals surface area (Å²) in [6, 6.07) is 0. The number of rotatable bonds is 5. The van der Waals surface area contributed by atoms with Crippen LogP contribution in [0, 0.1) is 0 Å². The Morgan fingerprint density at radius 1 is 1.50 bits per heavy atom. The molecule has 108 valence electrons. The van der Waals surface area contributed by atoms with Crippen molar-refractivity contribution < 1.29 is 17.9 Å². The van der Waals surface area contributed by atoms with Crippen LogP contribution >= 0.6 is 0 Å². The van der Waals surface area contributed by atoms with Gasteiger partial charge in [0.1, 0.15) is 5.56 Å². The molecule has 0 fully saturated rings. The van der Waals surface area contributed by atoms with Crippen molar-refractivity contribution in [2.24, 2.45) is 7.05 Å². The maximum absolute atomic E-state index is 12.0. The van der Waals surface area contributed by atoms with Crippen LogP contribution in [0.5, 0.6) is 0 Å². The molecule has 8 nitrogen and oxygen atoms in total. The lowest BCUT2D eigenvalue weighted by atomic mass is 10.3. The van der Waals surface area contributed by atoms with Crippen molar-refractivity contribution in [1.82, 2.24) is 14.5 Å². The van der Waals surface area contributed by atoms with Gasteiger partial charge in [-0.1, -0.05) is 0 Å². The van der Waals surface area contributed by atoms with Crippen molar-refractivity contribution in [1.29, 1.82) is 0 Å². The van der Waals surface area contributed by atoms with Crippen LogP contribution in [0.4, 0.5) is 5.69 Å². The van der Waals surface area contributed by atoms with Gasteiger partial charge in [-0.05, 0) is 6.92 Å². The summed E-state index contributed by atoms with van der Waals surface area (Å²) in [6.45, 7) is 1.88. The molecule has 0 amide bonds. The van der Waals surface area contributed by atoms with Gasteiger partial charge in [-0.15, -0.1) is 0 Å². The number of esters is 1. The molecule has 0 bridgehead atoms. The second-order valence-electron chi connectivity index (χ2n) is 3.97. The molecule has 2 aromatic rings. The Hall–Kier alpha value is -2.29. The molecule has 2 N–H and O–H groups in total. The van der Waals surface area contributed by atoms with Crippen molar-refractivity contribution in [3.05, 3.63) is 30.4 Å². The lowest BCUT2D eigenvalue weighted by Gasteiger charge is -2.06. The summed E-state index contributed by atoms with van der Waals surface area (Å²) in [5, 5.41) is -0.226. The second kappa shape index (κ2) is 5.37. The highest BCUT2D eigenvalue weighted by Crippen LogP contribution is 2.20. The van der Waals surface area contributed by atoms with Gasteiger partial charge in [0.2, 0.25) is 5.16 Å². The molecule has 0 aliphatic heterocycles. The highest BCUT2D eigenvalue weighted by atomic mass is 32.2. The fourth-order valence-electron chi connectivity index (χ4n) is 1.63. The summed E-state index contributed by atoms with van der Waals surface area (Å²) in [5.74, 6) is -0.592. The minimum absolute atomic E-state index is 0.141. The van der Waals surface area contributed by atoms with Crippen LogP contribution in [0.3, 0.4) is 0 Å². The summed E-state index contributed by atoms with van der Waals surface area (Å²) < 4.78 is 32.8. The van der Waals surface area contributed by atoms with Gasteiger partial charge in [-0.3, -0.25) is 4.72 Å². The van der Waals surface area contributed by atoms with Crippen molar-refractivity contribution in [3.8, 4) is 0 Å². The molecule has 0 saturated carbocycles. The number of nitrogens with one attached hydrogen (secondary N) is 2. The van der Waals surface area contributed by atoms with E-state index in [-0.39, 0.29) is 23.0 Å². The Bertz CT molecular complexity index is 703. The first-order valence-electron chi connectivity index (χ1n) is 5.79. The van der Waals surface area contributed by atoms with Gasteiger partial charge in [-0.25, -0.2) is 9.78 Å². The highest BCUT2D eigenvalue weighted by Gasteiger charge is 2.22. The Balaban J connectivity index is 2.32. The van der Waals surface area contributed by atoms with Crippen LogP contribution in [0.2, 0.25) is 0 Å². The van der Waals surface area contributed by atoms with E-state index in [9.17, 15) is 13.2 Å². The molecule has 0 aromatic carbocycles. The number of carbonyl (C=O) groups is 1. The maximum Gasteiger partial charge on any atom is 0.341 e. The molecule has 0 saturated heterocycles. The van der Waals surface area contributed by atoms with E-state index in [1.54, 1.807) is 18.5 Å². The molecular weight excluding hydrogens is 284 g/mol. The third-order valence-corrected chi connectivity index (χ3v) is 3.64. The highest BCUT2D eigenvalue weighted by molar-refractivity contribution is 7.92. The zero-order chi connectivity index (χ0) is 14.8. The third-order valence-electron chi connectivity index (χ3n) is 2.42. The lowest BCUT2D eigenvalue weighted by Crippen LogP contribution is -2.16. The molecule has 0 spiro atoms. The number of aryl methyl sites for hydroxylation is 1. The van der Waals surface area contributed by atoms with E-state index < -0.39 is 16.0 Å². The van der Waals surface area contributed by atoms with Crippen LogP contribution in [-0.2, 0) is 21.8 Å². The van der Waals surface area contributed by atoms with Crippen molar-refractivity contribution in [2.45, 2.75) is 12.1 Å². The molecule has 2 aromatic heterocycles. The fourth-order valence-corrected chi connectivity index (χ4v) is 2.60. The van der Waals surface area contributed by atoms with E-state index in [1.165, 1.54) is 24.8 Å². The quantitative estimate of drug-likeness (QED) is 0.791. The summed E-state index contributed by atoms with van der Waals surface area (Å²) in [6.07, 6.45) is 5.68. The Morgan fingerprint density at radius 2 is 2.25 bits per heavy atom. The molecule has 0 atom stereocenters. The number of imidazole rings is 1. The van der Waals surface area contributed by atoms with E-state index in [0.717, 1.165) is 0 Å². The molecule has 2 heterocycles. The predicted octanol–water partition coefficient (Wildman–Crippen LogP) is 0.726. The largest absolute Gasteiger partial charge is 0.462 e. The summed E-state index contributed by atoms with van der Waals surface area (Å²) in [4.78, 5) is 17.9. The topological polar surface area (TPSA) is 106 Å². The number of anilines is 1. The molecule has 9 heteroatoms. The van der Waals surface area contributed by atoms with Crippen molar-refractivity contribution in [2.75, 3.05) is 11.3 Å². The molecule has 0 radical (unpaired) electrons. The van der Waals surface area contributed by atoms with Gasteiger partial charge in [0.25, 0.3) is 10.0 Å². The molecule has 20 heavy (non-hydrogen) atoms. The number of H-pyrrole nitrogens is 1. The average Bonchev–Trinajstić information content (AvgIpc) is 2.98. The van der Waals surface area contributed by atoms with Gasteiger partial charge >= 0.3 is 5.97 Å². The molecule has 0 aliphatic rings. The van der Waals surface area contributed by atoms with Gasteiger partial charge in [0, 0.05) is 31.8 Å². The zero-order valence-corrected chi connectivity index (χ0v) is 11.8. The molecule has 2 rings (SSSR count). The number of hydrogen-bond donors (Lipinski definition) is 2. The van der Waals surface area contributed by atoms with E-state index in [2.05, 4.69) is 14.7 Å². The zero-order valence-electron chi connectivity index (χ0n) is 11.0. The number of aromatic nitrogens is 3. The summed E-state index contributed by atoms with van der Waals surface area (Å²) in [7, 11) is -2.19. The lowest BCUT2D eigenvalue weighted by molar-refractivity contribution is 0.0527. The van der Waals surface area contributed by atoms with Crippen LogP contribution in [0.1, 0.15) is 17.3 Å². The van der Waals surface area contributed by atoms with Crippen molar-refractivity contribution >= 4 is 21.7 Å².